The van der Waals surface area contributed by atoms with E-state index in [2.05, 4.69) is 11.9 Å². The maximum absolute atomic E-state index is 5.70. The quantitative estimate of drug-likeness (QED) is 0.738. The van der Waals surface area contributed by atoms with Crippen molar-refractivity contribution in [3.63, 3.8) is 0 Å². The molecule has 1 heterocycles. The van der Waals surface area contributed by atoms with Crippen LogP contribution in [-0.4, -0.2) is 4.98 Å². The molecule has 0 atom stereocenters. The van der Waals surface area contributed by atoms with Crippen LogP contribution in [0.15, 0.2) is 42.7 Å². The Morgan fingerprint density at radius 2 is 1.73 bits per heavy atom. The maximum Gasteiger partial charge on any atom is 0.148 e. The molecule has 1 aromatic carbocycles. The van der Waals surface area contributed by atoms with E-state index in [4.69, 9.17) is 4.74 Å². The molecule has 2 nitrogen and oxygen atoms in total. The molecule has 2 heteroatoms. The molecular weight excluding hydrogens is 186 g/mol. The minimum absolute atomic E-state index is 0.807. The first-order valence-electron chi connectivity index (χ1n) is 4.91. The van der Waals surface area contributed by atoms with Crippen molar-refractivity contribution in [2.75, 3.05) is 0 Å². The van der Waals surface area contributed by atoms with E-state index in [0.29, 0.717) is 0 Å². The van der Waals surface area contributed by atoms with Gasteiger partial charge in [-0.3, -0.25) is 4.98 Å². The van der Waals surface area contributed by atoms with Gasteiger partial charge in [0.2, 0.25) is 0 Å². The lowest BCUT2D eigenvalue weighted by molar-refractivity contribution is 0.476. The molecule has 1 aromatic heterocycles. The van der Waals surface area contributed by atoms with Crippen molar-refractivity contribution >= 4 is 0 Å². The highest BCUT2D eigenvalue weighted by atomic mass is 16.5. The lowest BCUT2D eigenvalue weighted by atomic mass is 10.2. The molecule has 0 spiro atoms. The topological polar surface area (TPSA) is 22.1 Å². The molecule has 0 radical (unpaired) electrons. The summed E-state index contributed by atoms with van der Waals surface area (Å²) in [6.07, 6.45) is 3.49. The molecule has 0 saturated heterocycles. The van der Waals surface area contributed by atoms with Crippen LogP contribution in [-0.2, 0) is 0 Å². The molecule has 0 bridgehead atoms. The molecule has 0 aliphatic rings. The minimum Gasteiger partial charge on any atom is -0.455 e. The zero-order valence-electron chi connectivity index (χ0n) is 8.90. The highest BCUT2D eigenvalue weighted by Crippen LogP contribution is 2.23. The molecule has 0 saturated carbocycles. The third-order valence-corrected chi connectivity index (χ3v) is 2.24. The van der Waals surface area contributed by atoms with E-state index in [1.54, 1.807) is 12.4 Å². The van der Waals surface area contributed by atoms with Gasteiger partial charge in [-0.2, -0.15) is 0 Å². The van der Waals surface area contributed by atoms with Gasteiger partial charge in [0.1, 0.15) is 11.5 Å². The molecule has 15 heavy (non-hydrogen) atoms. The monoisotopic (exact) mass is 199 g/mol. The Bertz CT molecular complexity index is 448. The lowest BCUT2D eigenvalue weighted by Gasteiger charge is -2.07. The summed E-state index contributed by atoms with van der Waals surface area (Å²) < 4.78 is 5.70. The molecule has 76 valence electrons. The van der Waals surface area contributed by atoms with Crippen molar-refractivity contribution in [1.82, 2.24) is 4.98 Å². The van der Waals surface area contributed by atoms with Crippen LogP contribution in [0.2, 0.25) is 0 Å². The van der Waals surface area contributed by atoms with Gasteiger partial charge < -0.3 is 4.74 Å². The highest BCUT2D eigenvalue weighted by Gasteiger charge is 1.99. The summed E-state index contributed by atoms with van der Waals surface area (Å²) in [6.45, 7) is 4.06. The lowest BCUT2D eigenvalue weighted by Crippen LogP contribution is -1.88. The van der Waals surface area contributed by atoms with Gasteiger partial charge in [-0.25, -0.2) is 0 Å². The van der Waals surface area contributed by atoms with Gasteiger partial charge in [-0.1, -0.05) is 17.7 Å². The Morgan fingerprint density at radius 1 is 1.00 bits per heavy atom. The van der Waals surface area contributed by atoms with Crippen LogP contribution < -0.4 is 4.74 Å². The van der Waals surface area contributed by atoms with E-state index in [1.807, 2.05) is 37.3 Å². The van der Waals surface area contributed by atoms with Crippen LogP contribution in [0.4, 0.5) is 0 Å². The van der Waals surface area contributed by atoms with Crippen LogP contribution in [0.1, 0.15) is 11.1 Å². The van der Waals surface area contributed by atoms with Crippen LogP contribution in [0.25, 0.3) is 0 Å². The number of hydrogen-bond acceptors (Lipinski definition) is 2. The molecule has 0 aliphatic heterocycles. The van der Waals surface area contributed by atoms with Crippen molar-refractivity contribution in [3.05, 3.63) is 53.9 Å². The van der Waals surface area contributed by atoms with Crippen LogP contribution >= 0.6 is 0 Å². The van der Waals surface area contributed by atoms with Gasteiger partial charge in [0.25, 0.3) is 0 Å². The Hall–Kier alpha value is -1.83. The first-order chi connectivity index (χ1) is 7.25. The summed E-state index contributed by atoms with van der Waals surface area (Å²) in [6, 6.07) is 9.91. The fraction of sp³-hybridized carbons (Fsp3) is 0.154. The van der Waals surface area contributed by atoms with Crippen LogP contribution in [0.5, 0.6) is 11.5 Å². The number of ether oxygens (including phenoxy) is 1. The zero-order valence-corrected chi connectivity index (χ0v) is 8.90. The second kappa shape index (κ2) is 4.13. The molecular formula is C13H13NO. The van der Waals surface area contributed by atoms with Crippen molar-refractivity contribution < 1.29 is 4.74 Å². The van der Waals surface area contributed by atoms with Gasteiger partial charge in [0.15, 0.2) is 0 Å². The van der Waals surface area contributed by atoms with Crippen LogP contribution in [0.3, 0.4) is 0 Å². The predicted molar refractivity (Wildman–Crippen MR) is 60.2 cm³/mol. The number of rotatable bonds is 2. The standard InChI is InChI=1S/C13H13NO/c1-10-3-5-12(6-4-10)15-13-9-14-8-7-11(13)2/h3-9H,1-2H3. The van der Waals surface area contributed by atoms with Gasteiger partial charge in [-0.15, -0.1) is 0 Å². The highest BCUT2D eigenvalue weighted by molar-refractivity contribution is 5.35. The second-order valence-corrected chi connectivity index (χ2v) is 3.56. The van der Waals surface area contributed by atoms with E-state index in [1.165, 1.54) is 5.56 Å². The van der Waals surface area contributed by atoms with Crippen molar-refractivity contribution in [2.24, 2.45) is 0 Å². The van der Waals surface area contributed by atoms with E-state index in [-0.39, 0.29) is 0 Å². The molecule has 0 fully saturated rings. The van der Waals surface area contributed by atoms with E-state index in [9.17, 15) is 0 Å². The predicted octanol–water partition coefficient (Wildman–Crippen LogP) is 3.49. The van der Waals surface area contributed by atoms with Crippen LogP contribution in [0, 0.1) is 13.8 Å². The van der Waals surface area contributed by atoms with E-state index in [0.717, 1.165) is 17.1 Å². The number of nitrogens with zero attached hydrogens (tertiary/aromatic N) is 1. The summed E-state index contributed by atoms with van der Waals surface area (Å²) in [5.41, 5.74) is 2.32. The molecule has 2 aromatic rings. The Labute approximate surface area is 89.6 Å². The number of aryl methyl sites for hydroxylation is 2. The first-order valence-corrected chi connectivity index (χ1v) is 4.91. The third kappa shape index (κ3) is 2.34. The summed E-state index contributed by atoms with van der Waals surface area (Å²) in [5, 5.41) is 0. The number of aromatic nitrogens is 1. The number of pyridine rings is 1. The average Bonchev–Trinajstić information content (AvgIpc) is 2.25. The Morgan fingerprint density at radius 3 is 2.40 bits per heavy atom. The number of hydrogen-bond donors (Lipinski definition) is 0. The van der Waals surface area contributed by atoms with Crippen molar-refractivity contribution in [3.8, 4) is 11.5 Å². The summed E-state index contributed by atoms with van der Waals surface area (Å²) >= 11 is 0. The van der Waals surface area contributed by atoms with Gasteiger partial charge in [0.05, 0.1) is 6.20 Å². The van der Waals surface area contributed by atoms with Gasteiger partial charge in [0, 0.05) is 6.20 Å². The summed E-state index contributed by atoms with van der Waals surface area (Å²) in [7, 11) is 0. The first kappa shape index (κ1) is 9.71. The largest absolute Gasteiger partial charge is 0.455 e. The smallest absolute Gasteiger partial charge is 0.148 e. The Balaban J connectivity index is 2.22. The fourth-order valence-corrected chi connectivity index (χ4v) is 1.29. The molecule has 0 aliphatic carbocycles. The minimum atomic E-state index is 0.807. The second-order valence-electron chi connectivity index (χ2n) is 3.56. The SMILES string of the molecule is Cc1ccc(Oc2cnccc2C)cc1. The zero-order chi connectivity index (χ0) is 10.7. The maximum atomic E-state index is 5.70. The molecule has 0 N–H and O–H groups in total. The van der Waals surface area contributed by atoms with Crippen molar-refractivity contribution in [2.45, 2.75) is 13.8 Å². The van der Waals surface area contributed by atoms with E-state index >= 15 is 0 Å². The molecule has 0 amide bonds. The number of benzene rings is 1. The van der Waals surface area contributed by atoms with Gasteiger partial charge >= 0.3 is 0 Å². The van der Waals surface area contributed by atoms with E-state index < -0.39 is 0 Å². The average molecular weight is 199 g/mol. The Kier molecular flexibility index (Phi) is 2.68. The van der Waals surface area contributed by atoms with Crippen molar-refractivity contribution in [1.29, 1.82) is 0 Å². The molecule has 0 unspecified atom stereocenters. The molecule has 2 rings (SSSR count). The summed E-state index contributed by atoms with van der Waals surface area (Å²) in [5.74, 6) is 1.65. The van der Waals surface area contributed by atoms with Gasteiger partial charge in [-0.05, 0) is 37.6 Å². The summed E-state index contributed by atoms with van der Waals surface area (Å²) in [4.78, 5) is 4.03. The fourth-order valence-electron chi connectivity index (χ4n) is 1.29. The normalized spacial score (nSPS) is 10.0. The third-order valence-electron chi connectivity index (χ3n) is 2.24.